The number of hydrogen-bond acceptors (Lipinski definition) is 1. The molecule has 0 bridgehead atoms. The fraction of sp³-hybridized carbons (Fsp3) is 0.417. The van der Waals surface area contributed by atoms with Gasteiger partial charge in [0.15, 0.2) is 0 Å². The van der Waals surface area contributed by atoms with Gasteiger partial charge in [-0.3, -0.25) is 4.79 Å². The van der Waals surface area contributed by atoms with Gasteiger partial charge in [0.1, 0.15) is 5.82 Å². The van der Waals surface area contributed by atoms with Crippen molar-refractivity contribution >= 4 is 17.5 Å². The van der Waals surface area contributed by atoms with Gasteiger partial charge in [0.25, 0.3) is 5.91 Å². The molecular weight excluding hydrogens is 229 g/mol. The lowest BCUT2D eigenvalue weighted by molar-refractivity contribution is 0.0938. The molecule has 2 nitrogen and oxygen atoms in total. The minimum absolute atomic E-state index is 0.00260. The van der Waals surface area contributed by atoms with Crippen molar-refractivity contribution in [2.75, 3.05) is 0 Å². The second kappa shape index (κ2) is 5.85. The van der Waals surface area contributed by atoms with E-state index in [9.17, 15) is 9.18 Å². The van der Waals surface area contributed by atoms with E-state index in [0.717, 1.165) is 0 Å². The van der Waals surface area contributed by atoms with Crippen LogP contribution < -0.4 is 5.32 Å². The van der Waals surface area contributed by atoms with E-state index < -0.39 is 5.82 Å². The number of benzene rings is 1. The highest BCUT2D eigenvalue weighted by molar-refractivity contribution is 6.20. The zero-order valence-corrected chi connectivity index (χ0v) is 10.1. The van der Waals surface area contributed by atoms with Gasteiger partial charge in [-0.15, -0.1) is 11.6 Å². The number of carbonyl (C=O) groups excluding carboxylic acids is 1. The maximum Gasteiger partial charge on any atom is 0.251 e. The Hall–Kier alpha value is -1.09. The van der Waals surface area contributed by atoms with Crippen LogP contribution in [0.1, 0.15) is 30.6 Å². The molecule has 0 saturated heterocycles. The first kappa shape index (κ1) is 13.0. The third-order valence-electron chi connectivity index (χ3n) is 2.14. The number of hydrogen-bond donors (Lipinski definition) is 1. The summed E-state index contributed by atoms with van der Waals surface area (Å²) >= 11 is 5.82. The summed E-state index contributed by atoms with van der Waals surface area (Å²) in [7, 11) is 0. The highest BCUT2D eigenvalue weighted by atomic mass is 35.5. The molecule has 0 aromatic heterocycles. The Kier molecular flexibility index (Phi) is 4.74. The van der Waals surface area contributed by atoms with Crippen molar-refractivity contribution in [3.8, 4) is 0 Å². The Bertz CT molecular complexity index is 368. The molecule has 16 heavy (non-hydrogen) atoms. The average Bonchev–Trinajstić information content (AvgIpc) is 2.16. The van der Waals surface area contributed by atoms with Crippen molar-refractivity contribution in [2.45, 2.75) is 31.7 Å². The summed E-state index contributed by atoms with van der Waals surface area (Å²) in [6.45, 7) is 3.74. The molecule has 0 aliphatic heterocycles. The van der Waals surface area contributed by atoms with Crippen molar-refractivity contribution in [1.29, 1.82) is 0 Å². The van der Waals surface area contributed by atoms with Crippen molar-refractivity contribution < 1.29 is 9.18 Å². The van der Waals surface area contributed by atoms with E-state index >= 15 is 0 Å². The Morgan fingerprint density at radius 3 is 2.75 bits per heavy atom. The molecule has 1 aromatic rings. The van der Waals surface area contributed by atoms with Gasteiger partial charge in [0.05, 0.1) is 0 Å². The fourth-order valence-corrected chi connectivity index (χ4v) is 1.75. The molecule has 0 fully saturated rings. The van der Waals surface area contributed by atoms with Crippen LogP contribution >= 0.6 is 11.6 Å². The molecule has 1 rings (SSSR count). The topological polar surface area (TPSA) is 29.1 Å². The maximum absolute atomic E-state index is 12.9. The van der Waals surface area contributed by atoms with E-state index in [1.165, 1.54) is 18.2 Å². The predicted molar refractivity (Wildman–Crippen MR) is 63.3 cm³/mol. The first-order valence-corrected chi connectivity index (χ1v) is 5.63. The highest BCUT2D eigenvalue weighted by Gasteiger charge is 2.11. The van der Waals surface area contributed by atoms with E-state index in [-0.39, 0.29) is 17.3 Å². The highest BCUT2D eigenvalue weighted by Crippen LogP contribution is 2.07. The van der Waals surface area contributed by atoms with Gasteiger partial charge < -0.3 is 5.32 Å². The SMILES string of the molecule is CC(Cl)CC(C)NC(=O)c1cccc(F)c1. The van der Waals surface area contributed by atoms with Gasteiger partial charge in [0, 0.05) is 17.0 Å². The number of nitrogens with one attached hydrogen (secondary N) is 1. The quantitative estimate of drug-likeness (QED) is 0.810. The third-order valence-corrected chi connectivity index (χ3v) is 2.32. The molecule has 0 aliphatic carbocycles. The summed E-state index contributed by atoms with van der Waals surface area (Å²) in [5.41, 5.74) is 0.328. The monoisotopic (exact) mass is 243 g/mol. The summed E-state index contributed by atoms with van der Waals surface area (Å²) in [5, 5.41) is 2.77. The van der Waals surface area contributed by atoms with Crippen molar-refractivity contribution in [2.24, 2.45) is 0 Å². The summed E-state index contributed by atoms with van der Waals surface area (Å²) in [4.78, 5) is 11.7. The predicted octanol–water partition coefficient (Wildman–Crippen LogP) is 2.96. The lowest BCUT2D eigenvalue weighted by Gasteiger charge is -2.14. The number of halogens is 2. The molecule has 1 amide bonds. The standard InChI is InChI=1S/C12H15ClFNO/c1-8(13)6-9(2)15-12(16)10-4-3-5-11(14)7-10/h3-5,7-9H,6H2,1-2H3,(H,15,16). The van der Waals surface area contributed by atoms with E-state index in [1.807, 2.05) is 13.8 Å². The Morgan fingerprint density at radius 1 is 1.50 bits per heavy atom. The average molecular weight is 244 g/mol. The minimum atomic E-state index is -0.411. The molecule has 4 heteroatoms. The lowest BCUT2D eigenvalue weighted by atomic mass is 10.1. The Labute approximate surface area is 99.8 Å². The van der Waals surface area contributed by atoms with Gasteiger partial charge in [-0.2, -0.15) is 0 Å². The normalized spacial score (nSPS) is 14.2. The summed E-state index contributed by atoms with van der Waals surface area (Å²) in [6, 6.07) is 5.59. The lowest BCUT2D eigenvalue weighted by Crippen LogP contribution is -2.33. The zero-order valence-electron chi connectivity index (χ0n) is 9.34. The van der Waals surface area contributed by atoms with Crippen LogP contribution in [0.2, 0.25) is 0 Å². The van der Waals surface area contributed by atoms with Gasteiger partial charge >= 0.3 is 0 Å². The minimum Gasteiger partial charge on any atom is -0.350 e. The van der Waals surface area contributed by atoms with Crippen LogP contribution in [-0.2, 0) is 0 Å². The summed E-state index contributed by atoms with van der Waals surface area (Å²) in [5.74, 6) is -0.685. The third kappa shape index (κ3) is 4.19. The van der Waals surface area contributed by atoms with Crippen LogP contribution in [0.5, 0.6) is 0 Å². The van der Waals surface area contributed by atoms with Crippen LogP contribution in [0.4, 0.5) is 4.39 Å². The number of alkyl halides is 1. The van der Waals surface area contributed by atoms with Crippen LogP contribution in [0, 0.1) is 5.82 Å². The fourth-order valence-electron chi connectivity index (χ4n) is 1.48. The van der Waals surface area contributed by atoms with Crippen molar-refractivity contribution in [3.05, 3.63) is 35.6 Å². The first-order valence-electron chi connectivity index (χ1n) is 5.19. The molecule has 2 atom stereocenters. The molecule has 1 aromatic carbocycles. The van der Waals surface area contributed by atoms with Crippen molar-refractivity contribution in [3.63, 3.8) is 0 Å². The van der Waals surface area contributed by atoms with Gasteiger partial charge in [-0.1, -0.05) is 6.07 Å². The molecule has 0 aliphatic rings. The summed E-state index contributed by atoms with van der Waals surface area (Å²) < 4.78 is 12.9. The van der Waals surface area contributed by atoms with Gasteiger partial charge in [-0.05, 0) is 38.5 Å². The molecule has 1 N–H and O–H groups in total. The van der Waals surface area contributed by atoms with Crippen LogP contribution in [0.15, 0.2) is 24.3 Å². The van der Waals surface area contributed by atoms with Crippen LogP contribution in [0.25, 0.3) is 0 Å². The molecule has 0 spiro atoms. The van der Waals surface area contributed by atoms with Crippen LogP contribution in [0.3, 0.4) is 0 Å². The maximum atomic E-state index is 12.9. The first-order chi connectivity index (χ1) is 7.49. The van der Waals surface area contributed by atoms with E-state index in [4.69, 9.17) is 11.6 Å². The van der Waals surface area contributed by atoms with Crippen molar-refractivity contribution in [1.82, 2.24) is 5.32 Å². The Morgan fingerprint density at radius 2 is 2.19 bits per heavy atom. The molecule has 88 valence electrons. The largest absolute Gasteiger partial charge is 0.350 e. The number of rotatable bonds is 4. The van der Waals surface area contributed by atoms with E-state index in [2.05, 4.69) is 5.32 Å². The molecular formula is C12H15ClFNO. The van der Waals surface area contributed by atoms with Crippen LogP contribution in [-0.4, -0.2) is 17.3 Å². The second-order valence-electron chi connectivity index (χ2n) is 3.90. The number of amides is 1. The van der Waals surface area contributed by atoms with Gasteiger partial charge in [0.2, 0.25) is 0 Å². The smallest absolute Gasteiger partial charge is 0.251 e. The Balaban J connectivity index is 2.59. The zero-order chi connectivity index (χ0) is 12.1. The molecule has 0 radical (unpaired) electrons. The van der Waals surface area contributed by atoms with E-state index in [1.54, 1.807) is 6.07 Å². The second-order valence-corrected chi connectivity index (χ2v) is 4.65. The summed E-state index contributed by atoms with van der Waals surface area (Å²) in [6.07, 6.45) is 0.683. The van der Waals surface area contributed by atoms with E-state index in [0.29, 0.717) is 12.0 Å². The number of carbonyl (C=O) groups is 1. The molecule has 0 saturated carbocycles. The molecule has 0 heterocycles. The van der Waals surface area contributed by atoms with Gasteiger partial charge in [-0.25, -0.2) is 4.39 Å². The molecule has 2 unspecified atom stereocenters.